The van der Waals surface area contributed by atoms with Gasteiger partial charge in [-0.1, -0.05) is 6.07 Å². The molecular formula is C19H28N2O3. The molecule has 0 spiro atoms. The first kappa shape index (κ1) is 17.2. The zero-order valence-electron chi connectivity index (χ0n) is 14.5. The highest BCUT2D eigenvalue weighted by Gasteiger charge is 2.27. The van der Waals surface area contributed by atoms with Crippen LogP contribution in [-0.4, -0.2) is 67.3 Å². The largest absolute Gasteiger partial charge is 0.497 e. The normalized spacial score (nSPS) is 21.4. The molecule has 1 aromatic carbocycles. The summed E-state index contributed by atoms with van der Waals surface area (Å²) in [5.74, 6) is 1.51. The van der Waals surface area contributed by atoms with Gasteiger partial charge in [0.05, 0.1) is 13.7 Å². The lowest BCUT2D eigenvalue weighted by Crippen LogP contribution is -2.49. The highest BCUT2D eigenvalue weighted by Crippen LogP contribution is 2.36. The molecule has 1 aromatic rings. The van der Waals surface area contributed by atoms with Crippen molar-refractivity contribution in [1.82, 2.24) is 9.80 Å². The Morgan fingerprint density at radius 1 is 1.29 bits per heavy atom. The van der Waals surface area contributed by atoms with E-state index < -0.39 is 0 Å². The Labute approximate surface area is 144 Å². The number of aryl methyl sites for hydroxylation is 1. The maximum Gasteiger partial charge on any atom is 0.223 e. The number of benzene rings is 1. The van der Waals surface area contributed by atoms with Gasteiger partial charge < -0.3 is 14.7 Å². The average molecular weight is 332 g/mol. The molecule has 0 bridgehead atoms. The standard InChI is InChI=1S/C19H28N2O3/c1-24-17-5-6-18-15(13-17)3-2-4-16(18)14-19(23)21-9-7-20(8-10-21)11-12-22/h5-6,13,16,22H,2-4,7-12,14H2,1H3. The Balaban J connectivity index is 1.60. The number of hydrogen-bond donors (Lipinski definition) is 1. The molecule has 1 saturated heterocycles. The zero-order valence-corrected chi connectivity index (χ0v) is 14.5. The summed E-state index contributed by atoms with van der Waals surface area (Å²) in [5, 5.41) is 9.01. The summed E-state index contributed by atoms with van der Waals surface area (Å²) in [6.07, 6.45) is 3.92. The minimum absolute atomic E-state index is 0.191. The number of β-amino-alcohol motifs (C(OH)–C–C–N with tert-alkyl or cyclic N) is 1. The number of nitrogens with zero attached hydrogens (tertiary/aromatic N) is 2. The molecular weight excluding hydrogens is 304 g/mol. The van der Waals surface area contributed by atoms with Crippen molar-refractivity contribution in [1.29, 1.82) is 0 Å². The average Bonchev–Trinajstić information content (AvgIpc) is 2.62. The van der Waals surface area contributed by atoms with E-state index in [9.17, 15) is 4.79 Å². The van der Waals surface area contributed by atoms with E-state index in [1.54, 1.807) is 7.11 Å². The van der Waals surface area contributed by atoms with Gasteiger partial charge in [0.15, 0.2) is 0 Å². The number of aliphatic hydroxyl groups excluding tert-OH is 1. The SMILES string of the molecule is COc1ccc2c(c1)CCCC2CC(=O)N1CCN(CCO)CC1. The van der Waals surface area contributed by atoms with Crippen molar-refractivity contribution in [2.75, 3.05) is 46.4 Å². The molecule has 0 aromatic heterocycles. The van der Waals surface area contributed by atoms with Gasteiger partial charge in [0, 0.05) is 39.1 Å². The molecule has 3 rings (SSSR count). The minimum Gasteiger partial charge on any atom is -0.497 e. The molecule has 0 saturated carbocycles. The molecule has 132 valence electrons. The Morgan fingerprint density at radius 3 is 2.79 bits per heavy atom. The van der Waals surface area contributed by atoms with Crippen LogP contribution in [0.25, 0.3) is 0 Å². The van der Waals surface area contributed by atoms with E-state index in [2.05, 4.69) is 17.0 Å². The number of fused-ring (bicyclic) bond motifs is 1. The van der Waals surface area contributed by atoms with Crippen LogP contribution in [0.4, 0.5) is 0 Å². The summed E-state index contributed by atoms with van der Waals surface area (Å²) in [4.78, 5) is 16.9. The molecule has 5 heteroatoms. The van der Waals surface area contributed by atoms with E-state index in [4.69, 9.17) is 9.84 Å². The summed E-state index contributed by atoms with van der Waals surface area (Å²) in [6, 6.07) is 6.28. The Morgan fingerprint density at radius 2 is 2.08 bits per heavy atom. The molecule has 1 atom stereocenters. The predicted octanol–water partition coefficient (Wildman–Crippen LogP) is 1.64. The van der Waals surface area contributed by atoms with Crippen molar-refractivity contribution in [3.05, 3.63) is 29.3 Å². The predicted molar refractivity (Wildman–Crippen MR) is 93.4 cm³/mol. The van der Waals surface area contributed by atoms with Crippen LogP contribution < -0.4 is 4.74 Å². The zero-order chi connectivity index (χ0) is 16.9. The smallest absolute Gasteiger partial charge is 0.223 e. The molecule has 1 amide bonds. The molecule has 1 fully saturated rings. The Kier molecular flexibility index (Phi) is 5.74. The van der Waals surface area contributed by atoms with Gasteiger partial charge in [-0.3, -0.25) is 9.69 Å². The van der Waals surface area contributed by atoms with Crippen molar-refractivity contribution in [2.45, 2.75) is 31.6 Å². The second-order valence-electron chi connectivity index (χ2n) is 6.80. The first-order valence-electron chi connectivity index (χ1n) is 8.99. The molecule has 0 radical (unpaired) electrons. The second kappa shape index (κ2) is 7.99. The first-order valence-corrected chi connectivity index (χ1v) is 8.99. The number of carbonyl (C=O) groups excluding carboxylic acids is 1. The van der Waals surface area contributed by atoms with Crippen molar-refractivity contribution in [2.24, 2.45) is 0 Å². The molecule has 5 nitrogen and oxygen atoms in total. The summed E-state index contributed by atoms with van der Waals surface area (Å²) < 4.78 is 5.32. The highest BCUT2D eigenvalue weighted by atomic mass is 16.5. The van der Waals surface area contributed by atoms with Crippen molar-refractivity contribution in [3.8, 4) is 5.75 Å². The molecule has 1 aliphatic heterocycles. The third-order valence-electron chi connectivity index (χ3n) is 5.35. The van der Waals surface area contributed by atoms with Gasteiger partial charge >= 0.3 is 0 Å². The lowest BCUT2D eigenvalue weighted by Gasteiger charge is -2.35. The third kappa shape index (κ3) is 3.90. The van der Waals surface area contributed by atoms with Gasteiger partial charge in [-0.25, -0.2) is 0 Å². The van der Waals surface area contributed by atoms with Gasteiger partial charge in [0.1, 0.15) is 5.75 Å². The van der Waals surface area contributed by atoms with Crippen LogP contribution in [0.15, 0.2) is 18.2 Å². The fourth-order valence-corrected chi connectivity index (χ4v) is 3.93. The summed E-state index contributed by atoms with van der Waals surface area (Å²) in [5.41, 5.74) is 2.67. The summed E-state index contributed by atoms with van der Waals surface area (Å²) >= 11 is 0. The number of carbonyl (C=O) groups is 1. The van der Waals surface area contributed by atoms with Gasteiger partial charge in [0.25, 0.3) is 0 Å². The lowest BCUT2D eigenvalue weighted by molar-refractivity contribution is -0.133. The molecule has 1 N–H and O–H groups in total. The van der Waals surface area contributed by atoms with E-state index in [1.807, 2.05) is 11.0 Å². The van der Waals surface area contributed by atoms with Crippen LogP contribution in [-0.2, 0) is 11.2 Å². The van der Waals surface area contributed by atoms with Crippen molar-refractivity contribution in [3.63, 3.8) is 0 Å². The monoisotopic (exact) mass is 332 g/mol. The maximum atomic E-state index is 12.7. The number of piperazine rings is 1. The van der Waals surface area contributed by atoms with Crippen molar-refractivity contribution < 1.29 is 14.6 Å². The van der Waals surface area contributed by atoms with Gasteiger partial charge in [-0.05, 0) is 48.4 Å². The fourth-order valence-electron chi connectivity index (χ4n) is 3.93. The van der Waals surface area contributed by atoms with Crippen LogP contribution >= 0.6 is 0 Å². The van der Waals surface area contributed by atoms with Crippen LogP contribution in [0.3, 0.4) is 0 Å². The summed E-state index contributed by atoms with van der Waals surface area (Å²) in [7, 11) is 1.70. The number of amides is 1. The number of ether oxygens (including phenoxy) is 1. The van der Waals surface area contributed by atoms with E-state index in [0.29, 0.717) is 18.9 Å². The van der Waals surface area contributed by atoms with Crippen LogP contribution in [0.2, 0.25) is 0 Å². The topological polar surface area (TPSA) is 53.0 Å². The molecule has 1 unspecified atom stereocenters. The third-order valence-corrected chi connectivity index (χ3v) is 5.35. The number of hydrogen-bond acceptors (Lipinski definition) is 4. The molecule has 2 aliphatic rings. The van der Waals surface area contributed by atoms with Gasteiger partial charge in [-0.15, -0.1) is 0 Å². The number of aliphatic hydroxyl groups is 1. The van der Waals surface area contributed by atoms with Gasteiger partial charge in [0.2, 0.25) is 5.91 Å². The number of methoxy groups -OCH3 is 1. The Bertz CT molecular complexity index is 568. The quantitative estimate of drug-likeness (QED) is 0.891. The molecule has 1 aliphatic carbocycles. The fraction of sp³-hybridized carbons (Fsp3) is 0.632. The minimum atomic E-state index is 0.191. The summed E-state index contributed by atoms with van der Waals surface area (Å²) in [6.45, 7) is 4.19. The Hall–Kier alpha value is -1.59. The van der Waals surface area contributed by atoms with E-state index in [0.717, 1.165) is 51.2 Å². The van der Waals surface area contributed by atoms with E-state index >= 15 is 0 Å². The molecule has 24 heavy (non-hydrogen) atoms. The van der Waals surface area contributed by atoms with Crippen molar-refractivity contribution >= 4 is 5.91 Å². The van der Waals surface area contributed by atoms with Crippen LogP contribution in [0.1, 0.15) is 36.3 Å². The lowest BCUT2D eigenvalue weighted by atomic mass is 9.80. The first-order chi connectivity index (χ1) is 11.7. The van der Waals surface area contributed by atoms with Crippen LogP contribution in [0.5, 0.6) is 5.75 Å². The molecule has 1 heterocycles. The second-order valence-corrected chi connectivity index (χ2v) is 6.80. The number of rotatable bonds is 5. The van der Waals surface area contributed by atoms with Gasteiger partial charge in [-0.2, -0.15) is 0 Å². The maximum absolute atomic E-state index is 12.7. The van der Waals surface area contributed by atoms with E-state index in [1.165, 1.54) is 11.1 Å². The van der Waals surface area contributed by atoms with E-state index in [-0.39, 0.29) is 12.5 Å². The van der Waals surface area contributed by atoms with Crippen LogP contribution in [0, 0.1) is 0 Å². The highest BCUT2D eigenvalue weighted by molar-refractivity contribution is 5.77.